The van der Waals surface area contributed by atoms with Crippen LogP contribution in [-0.4, -0.2) is 28.3 Å². The van der Waals surface area contributed by atoms with Gasteiger partial charge in [0, 0.05) is 12.1 Å². The van der Waals surface area contributed by atoms with E-state index in [1.54, 1.807) is 0 Å². The van der Waals surface area contributed by atoms with E-state index in [4.69, 9.17) is 15.1 Å². The Hall–Kier alpha value is -1.49. The van der Waals surface area contributed by atoms with Crippen molar-refractivity contribution in [2.24, 2.45) is 0 Å². The van der Waals surface area contributed by atoms with Gasteiger partial charge in [0.05, 0.1) is 12.8 Å². The maximum absolute atomic E-state index is 10.8. The van der Waals surface area contributed by atoms with Gasteiger partial charge in [-0.05, 0) is 0 Å². The molecule has 0 aromatic carbocycles. The van der Waals surface area contributed by atoms with E-state index < -0.39 is 5.56 Å². The van der Waals surface area contributed by atoms with Crippen molar-refractivity contribution in [3.63, 3.8) is 0 Å². The van der Waals surface area contributed by atoms with Crippen molar-refractivity contribution in [1.82, 2.24) is 4.73 Å². The smallest absolute Gasteiger partial charge is 0.286 e. The molecule has 1 aromatic rings. The molecule has 12 heavy (non-hydrogen) atoms. The number of pyridine rings is 1. The molecule has 0 aliphatic carbocycles. The summed E-state index contributed by atoms with van der Waals surface area (Å²) >= 11 is 0. The average Bonchev–Trinajstić information content (AvgIpc) is 2.07. The maximum Gasteiger partial charge on any atom is 0.286 e. The van der Waals surface area contributed by atoms with Gasteiger partial charge in [0.2, 0.25) is 0 Å². The minimum absolute atomic E-state index is 0.109. The fourth-order valence-corrected chi connectivity index (χ4v) is 0.707. The van der Waals surface area contributed by atoms with Gasteiger partial charge in [-0.1, -0.05) is 0 Å². The summed E-state index contributed by atoms with van der Waals surface area (Å²) < 4.78 is 5.37. The fraction of sp³-hybridized carbons (Fsp3) is 0.286. The number of aromatic nitrogens is 1. The third kappa shape index (κ3) is 2.00. The first-order valence-corrected chi connectivity index (χ1v) is 3.39. The molecule has 0 unspecified atom stereocenters. The minimum atomic E-state index is -0.564. The molecule has 0 saturated carbocycles. The first kappa shape index (κ1) is 8.61. The zero-order chi connectivity index (χ0) is 8.97. The van der Waals surface area contributed by atoms with Gasteiger partial charge in [-0.3, -0.25) is 4.79 Å². The molecular formula is C7H9NO4. The summed E-state index contributed by atoms with van der Waals surface area (Å²) in [5.41, 5.74) is -0.564. The number of nitrogens with zero attached hydrogens (tertiary/aromatic N) is 1. The van der Waals surface area contributed by atoms with E-state index >= 15 is 0 Å². The van der Waals surface area contributed by atoms with E-state index in [2.05, 4.69) is 0 Å². The molecule has 5 heteroatoms. The van der Waals surface area contributed by atoms with Crippen molar-refractivity contribution in [3.05, 3.63) is 28.7 Å². The lowest BCUT2D eigenvalue weighted by molar-refractivity contribution is 0.170. The highest BCUT2D eigenvalue weighted by Crippen LogP contribution is 2.03. The molecule has 0 aliphatic heterocycles. The topological polar surface area (TPSA) is 71.7 Å². The molecule has 0 spiro atoms. The van der Waals surface area contributed by atoms with Crippen LogP contribution < -0.4 is 10.3 Å². The third-order valence-electron chi connectivity index (χ3n) is 1.23. The molecule has 1 heterocycles. The van der Waals surface area contributed by atoms with Gasteiger partial charge in [0.1, 0.15) is 12.4 Å². The Labute approximate surface area is 68.4 Å². The van der Waals surface area contributed by atoms with Crippen LogP contribution in [0.3, 0.4) is 0 Å². The van der Waals surface area contributed by atoms with Gasteiger partial charge in [0.15, 0.2) is 0 Å². The first-order chi connectivity index (χ1) is 5.74. The van der Waals surface area contributed by atoms with Crippen molar-refractivity contribution < 1.29 is 15.1 Å². The van der Waals surface area contributed by atoms with Crippen LogP contribution in [0.25, 0.3) is 0 Å². The zero-order valence-electron chi connectivity index (χ0n) is 6.30. The first-order valence-electron chi connectivity index (χ1n) is 3.39. The molecule has 1 rings (SSSR count). The van der Waals surface area contributed by atoms with Gasteiger partial charge in [-0.15, -0.1) is 0 Å². The molecule has 66 valence electrons. The van der Waals surface area contributed by atoms with Crippen molar-refractivity contribution in [2.45, 2.75) is 0 Å². The summed E-state index contributed by atoms with van der Waals surface area (Å²) in [6.07, 6.45) is 1.18. The lowest BCUT2D eigenvalue weighted by Gasteiger charge is -2.02. The normalized spacial score (nSPS) is 9.75. The average molecular weight is 171 g/mol. The van der Waals surface area contributed by atoms with Crippen LogP contribution in [0.1, 0.15) is 0 Å². The van der Waals surface area contributed by atoms with Crippen molar-refractivity contribution >= 4 is 0 Å². The SMILES string of the molecule is O=c1cc(OCCO)ccn1O. The Bertz CT molecular complexity index is 307. The number of aliphatic hydroxyl groups is 1. The molecule has 0 amide bonds. The predicted molar refractivity (Wildman–Crippen MR) is 40.5 cm³/mol. The quantitative estimate of drug-likeness (QED) is 0.599. The molecular weight excluding hydrogens is 162 g/mol. The van der Waals surface area contributed by atoms with E-state index in [-0.39, 0.29) is 13.2 Å². The minimum Gasteiger partial charge on any atom is -0.491 e. The van der Waals surface area contributed by atoms with Crippen LogP contribution in [0, 0.1) is 0 Å². The Balaban J connectivity index is 2.76. The fourth-order valence-electron chi connectivity index (χ4n) is 0.707. The second kappa shape index (κ2) is 3.77. The van der Waals surface area contributed by atoms with Crippen LogP contribution in [-0.2, 0) is 0 Å². The number of hydrogen-bond acceptors (Lipinski definition) is 4. The molecule has 2 N–H and O–H groups in total. The Morgan fingerprint density at radius 1 is 1.58 bits per heavy atom. The highest BCUT2D eigenvalue weighted by molar-refractivity contribution is 5.17. The Morgan fingerprint density at radius 2 is 2.33 bits per heavy atom. The second-order valence-corrected chi connectivity index (χ2v) is 2.12. The molecule has 0 aliphatic rings. The summed E-state index contributed by atoms with van der Waals surface area (Å²) in [5, 5.41) is 17.2. The molecule has 5 nitrogen and oxygen atoms in total. The van der Waals surface area contributed by atoms with E-state index in [1.807, 2.05) is 0 Å². The molecule has 0 radical (unpaired) electrons. The maximum atomic E-state index is 10.8. The standard InChI is InChI=1S/C7H9NO4/c9-3-4-12-6-1-2-8(11)7(10)5-6/h1-2,5,9,11H,3-4H2. The van der Waals surface area contributed by atoms with Crippen LogP contribution >= 0.6 is 0 Å². The summed E-state index contributed by atoms with van der Waals surface area (Å²) in [6.45, 7) is 0.0249. The van der Waals surface area contributed by atoms with E-state index in [9.17, 15) is 4.79 Å². The van der Waals surface area contributed by atoms with Crippen molar-refractivity contribution in [1.29, 1.82) is 0 Å². The summed E-state index contributed by atoms with van der Waals surface area (Å²) in [6, 6.07) is 2.56. The van der Waals surface area contributed by atoms with E-state index in [0.29, 0.717) is 10.5 Å². The van der Waals surface area contributed by atoms with Gasteiger partial charge < -0.3 is 15.1 Å². The number of ether oxygens (including phenoxy) is 1. The predicted octanol–water partition coefficient (Wildman–Crippen LogP) is -0.543. The van der Waals surface area contributed by atoms with Gasteiger partial charge in [-0.25, -0.2) is 0 Å². The third-order valence-corrected chi connectivity index (χ3v) is 1.23. The molecule has 1 aromatic heterocycles. The second-order valence-electron chi connectivity index (χ2n) is 2.12. The molecule has 0 bridgehead atoms. The van der Waals surface area contributed by atoms with Gasteiger partial charge >= 0.3 is 0 Å². The van der Waals surface area contributed by atoms with Crippen LogP contribution in [0.5, 0.6) is 5.75 Å². The molecule has 0 fully saturated rings. The number of aliphatic hydroxyl groups excluding tert-OH is 1. The van der Waals surface area contributed by atoms with Crippen LogP contribution in [0.4, 0.5) is 0 Å². The molecule has 0 atom stereocenters. The molecule has 0 saturated heterocycles. The van der Waals surface area contributed by atoms with Crippen molar-refractivity contribution in [2.75, 3.05) is 13.2 Å². The summed E-state index contributed by atoms with van der Waals surface area (Å²) in [4.78, 5) is 10.8. The van der Waals surface area contributed by atoms with Crippen LogP contribution in [0.2, 0.25) is 0 Å². The lowest BCUT2D eigenvalue weighted by Crippen LogP contribution is -2.16. The lowest BCUT2D eigenvalue weighted by atomic mass is 10.4. The highest BCUT2D eigenvalue weighted by Gasteiger charge is 1.96. The zero-order valence-corrected chi connectivity index (χ0v) is 6.30. The number of rotatable bonds is 3. The van der Waals surface area contributed by atoms with E-state index in [1.165, 1.54) is 12.3 Å². The van der Waals surface area contributed by atoms with E-state index in [0.717, 1.165) is 6.07 Å². The summed E-state index contributed by atoms with van der Waals surface area (Å²) in [5.74, 6) is 0.333. The number of hydrogen-bond donors (Lipinski definition) is 2. The van der Waals surface area contributed by atoms with Gasteiger partial charge in [-0.2, -0.15) is 4.73 Å². The van der Waals surface area contributed by atoms with Crippen molar-refractivity contribution in [3.8, 4) is 5.75 Å². The van der Waals surface area contributed by atoms with Gasteiger partial charge in [0.25, 0.3) is 5.56 Å². The highest BCUT2D eigenvalue weighted by atomic mass is 16.5. The van der Waals surface area contributed by atoms with Crippen LogP contribution in [0.15, 0.2) is 23.1 Å². The monoisotopic (exact) mass is 171 g/mol. The largest absolute Gasteiger partial charge is 0.491 e. The summed E-state index contributed by atoms with van der Waals surface area (Å²) in [7, 11) is 0. The Morgan fingerprint density at radius 3 is 2.92 bits per heavy atom. The Kier molecular flexibility index (Phi) is 2.71.